The normalized spacial score (nSPS) is 11.3. The molecule has 0 aliphatic heterocycles. The Kier molecular flexibility index (Phi) is 4.60. The summed E-state index contributed by atoms with van der Waals surface area (Å²) in [5, 5.41) is 20.5. The van der Waals surface area contributed by atoms with Gasteiger partial charge in [0.2, 0.25) is 5.91 Å². The minimum absolute atomic E-state index is 0.0792. The molecule has 0 atom stereocenters. The van der Waals surface area contributed by atoms with Crippen molar-refractivity contribution in [2.24, 2.45) is 0 Å². The van der Waals surface area contributed by atoms with E-state index in [1.54, 1.807) is 0 Å². The second-order valence-electron chi connectivity index (χ2n) is 4.23. The third-order valence-corrected chi connectivity index (χ3v) is 2.42. The van der Waals surface area contributed by atoms with E-state index >= 15 is 0 Å². The van der Waals surface area contributed by atoms with Crippen molar-refractivity contribution in [3.05, 3.63) is 35.6 Å². The van der Waals surface area contributed by atoms with Crippen molar-refractivity contribution in [2.45, 2.75) is 18.9 Å². The number of hydrogen-bond donors (Lipinski definition) is 3. The molecule has 0 radical (unpaired) electrons. The van der Waals surface area contributed by atoms with Gasteiger partial charge in [0.05, 0.1) is 25.2 Å². The Morgan fingerprint density at radius 3 is 2.29 bits per heavy atom. The van der Waals surface area contributed by atoms with E-state index in [0.29, 0.717) is 5.56 Å². The predicted molar refractivity (Wildman–Crippen MR) is 60.8 cm³/mol. The third kappa shape index (κ3) is 4.13. The average Bonchev–Trinajstić information content (AvgIpc) is 2.32. The first kappa shape index (κ1) is 13.6. The molecule has 4 nitrogen and oxygen atoms in total. The average molecular weight is 241 g/mol. The molecule has 1 amide bonds. The topological polar surface area (TPSA) is 69.6 Å². The summed E-state index contributed by atoms with van der Waals surface area (Å²) in [6, 6.07) is 5.59. The summed E-state index contributed by atoms with van der Waals surface area (Å²) in [5.41, 5.74) is -0.362. The van der Waals surface area contributed by atoms with Crippen molar-refractivity contribution in [3.8, 4) is 0 Å². The molecule has 3 N–H and O–H groups in total. The molecular formula is C12H16FNO3. The molecule has 0 saturated heterocycles. The Morgan fingerprint density at radius 1 is 1.29 bits per heavy atom. The zero-order valence-corrected chi connectivity index (χ0v) is 9.61. The van der Waals surface area contributed by atoms with Gasteiger partial charge >= 0.3 is 0 Å². The van der Waals surface area contributed by atoms with E-state index in [0.717, 1.165) is 0 Å². The van der Waals surface area contributed by atoms with Crippen LogP contribution in [0, 0.1) is 5.82 Å². The molecule has 5 heteroatoms. The number of amides is 1. The molecule has 0 saturated carbocycles. The first-order valence-corrected chi connectivity index (χ1v) is 5.26. The number of rotatable bonds is 5. The number of aliphatic hydroxyl groups excluding tert-OH is 2. The summed E-state index contributed by atoms with van der Waals surface area (Å²) in [7, 11) is 0. The molecule has 0 aliphatic carbocycles. The Bertz CT molecular complexity index is 374. The van der Waals surface area contributed by atoms with Gasteiger partial charge in [0.15, 0.2) is 0 Å². The first-order valence-electron chi connectivity index (χ1n) is 5.26. The zero-order valence-electron chi connectivity index (χ0n) is 9.61. The van der Waals surface area contributed by atoms with Crippen LogP contribution in [0.4, 0.5) is 4.39 Å². The van der Waals surface area contributed by atoms with Crippen molar-refractivity contribution in [1.82, 2.24) is 5.32 Å². The fraction of sp³-hybridized carbons (Fsp3) is 0.417. The van der Waals surface area contributed by atoms with Crippen LogP contribution in [0.25, 0.3) is 0 Å². The Morgan fingerprint density at radius 2 is 1.82 bits per heavy atom. The van der Waals surface area contributed by atoms with Gasteiger partial charge in [-0.25, -0.2) is 4.39 Å². The lowest BCUT2D eigenvalue weighted by Crippen LogP contribution is -2.52. The highest BCUT2D eigenvalue weighted by Crippen LogP contribution is 2.06. The van der Waals surface area contributed by atoms with Gasteiger partial charge in [-0.15, -0.1) is 0 Å². The molecule has 0 unspecified atom stereocenters. The maximum Gasteiger partial charge on any atom is 0.224 e. The van der Waals surface area contributed by atoms with Gasteiger partial charge in [-0.05, 0) is 24.6 Å². The van der Waals surface area contributed by atoms with Crippen LogP contribution in [0.2, 0.25) is 0 Å². The number of benzene rings is 1. The third-order valence-electron chi connectivity index (χ3n) is 2.42. The molecule has 1 aromatic rings. The number of halogens is 1. The van der Waals surface area contributed by atoms with E-state index in [-0.39, 0.29) is 31.4 Å². The highest BCUT2D eigenvalue weighted by Gasteiger charge is 2.24. The van der Waals surface area contributed by atoms with Gasteiger partial charge in [0.25, 0.3) is 0 Å². The van der Waals surface area contributed by atoms with E-state index in [1.807, 2.05) is 0 Å². The SMILES string of the molecule is CC(CO)(CO)NC(=O)Cc1ccc(F)cc1. The first-order chi connectivity index (χ1) is 7.99. The maximum atomic E-state index is 12.6. The summed E-state index contributed by atoms with van der Waals surface area (Å²) in [6.45, 7) is 0.840. The molecule has 0 bridgehead atoms. The number of carbonyl (C=O) groups excluding carboxylic acids is 1. The summed E-state index contributed by atoms with van der Waals surface area (Å²) in [5.74, 6) is -0.688. The molecule has 0 aliphatic rings. The van der Waals surface area contributed by atoms with Crippen LogP contribution in [0.1, 0.15) is 12.5 Å². The second-order valence-corrected chi connectivity index (χ2v) is 4.23. The van der Waals surface area contributed by atoms with Crippen LogP contribution in [-0.2, 0) is 11.2 Å². The molecule has 1 rings (SSSR count). The van der Waals surface area contributed by atoms with Crippen LogP contribution in [-0.4, -0.2) is 34.9 Å². The van der Waals surface area contributed by atoms with Crippen molar-refractivity contribution >= 4 is 5.91 Å². The van der Waals surface area contributed by atoms with Gasteiger partial charge < -0.3 is 15.5 Å². The molecule has 0 spiro atoms. The Balaban J connectivity index is 2.58. The van der Waals surface area contributed by atoms with Crippen LogP contribution < -0.4 is 5.32 Å². The minimum atomic E-state index is -1.03. The van der Waals surface area contributed by atoms with Gasteiger partial charge in [0.1, 0.15) is 5.82 Å². The lowest BCUT2D eigenvalue weighted by atomic mass is 10.0. The highest BCUT2D eigenvalue weighted by atomic mass is 19.1. The quantitative estimate of drug-likeness (QED) is 0.691. The number of nitrogens with one attached hydrogen (secondary N) is 1. The van der Waals surface area contributed by atoms with E-state index in [1.165, 1.54) is 31.2 Å². The molecule has 94 valence electrons. The van der Waals surface area contributed by atoms with Gasteiger partial charge in [-0.3, -0.25) is 4.79 Å². The fourth-order valence-electron chi connectivity index (χ4n) is 1.30. The summed E-state index contributed by atoms with van der Waals surface area (Å²) in [4.78, 5) is 11.6. The summed E-state index contributed by atoms with van der Waals surface area (Å²) in [6.07, 6.45) is 0.0792. The fourth-order valence-corrected chi connectivity index (χ4v) is 1.30. The van der Waals surface area contributed by atoms with Crippen LogP contribution >= 0.6 is 0 Å². The summed E-state index contributed by atoms with van der Waals surface area (Å²) >= 11 is 0. The molecular weight excluding hydrogens is 225 g/mol. The van der Waals surface area contributed by atoms with Crippen molar-refractivity contribution in [2.75, 3.05) is 13.2 Å². The predicted octanol–water partition coefficient (Wildman–Crippen LogP) is 0.228. The van der Waals surface area contributed by atoms with Gasteiger partial charge in [-0.2, -0.15) is 0 Å². The minimum Gasteiger partial charge on any atom is -0.394 e. The molecule has 1 aromatic carbocycles. The lowest BCUT2D eigenvalue weighted by molar-refractivity contribution is -0.123. The molecule has 0 fully saturated rings. The lowest BCUT2D eigenvalue weighted by Gasteiger charge is -2.26. The van der Waals surface area contributed by atoms with E-state index in [9.17, 15) is 9.18 Å². The Labute approximate surface area is 99.1 Å². The van der Waals surface area contributed by atoms with Gasteiger partial charge in [0, 0.05) is 0 Å². The van der Waals surface area contributed by atoms with Crippen molar-refractivity contribution in [3.63, 3.8) is 0 Å². The number of hydrogen-bond acceptors (Lipinski definition) is 3. The number of carbonyl (C=O) groups is 1. The van der Waals surface area contributed by atoms with Crippen LogP contribution in [0.15, 0.2) is 24.3 Å². The second kappa shape index (κ2) is 5.75. The van der Waals surface area contributed by atoms with Crippen LogP contribution in [0.5, 0.6) is 0 Å². The van der Waals surface area contributed by atoms with Crippen molar-refractivity contribution in [1.29, 1.82) is 0 Å². The number of aliphatic hydroxyl groups is 2. The summed E-state index contributed by atoms with van der Waals surface area (Å²) < 4.78 is 12.6. The molecule has 0 aromatic heterocycles. The largest absolute Gasteiger partial charge is 0.394 e. The maximum absolute atomic E-state index is 12.6. The smallest absolute Gasteiger partial charge is 0.224 e. The van der Waals surface area contributed by atoms with E-state index < -0.39 is 5.54 Å². The van der Waals surface area contributed by atoms with E-state index in [4.69, 9.17) is 10.2 Å². The highest BCUT2D eigenvalue weighted by molar-refractivity contribution is 5.79. The van der Waals surface area contributed by atoms with E-state index in [2.05, 4.69) is 5.32 Å². The van der Waals surface area contributed by atoms with Crippen LogP contribution in [0.3, 0.4) is 0 Å². The molecule has 0 heterocycles. The standard InChI is InChI=1S/C12H16FNO3/c1-12(7-15,8-16)14-11(17)6-9-2-4-10(13)5-3-9/h2-5,15-16H,6-8H2,1H3,(H,14,17). The Hall–Kier alpha value is -1.46. The monoisotopic (exact) mass is 241 g/mol. The van der Waals surface area contributed by atoms with Gasteiger partial charge in [-0.1, -0.05) is 12.1 Å². The molecule has 17 heavy (non-hydrogen) atoms. The zero-order chi connectivity index (χ0) is 12.9. The van der Waals surface area contributed by atoms with Crippen molar-refractivity contribution < 1.29 is 19.4 Å².